The van der Waals surface area contributed by atoms with Gasteiger partial charge in [0.15, 0.2) is 5.78 Å². The van der Waals surface area contributed by atoms with Crippen molar-refractivity contribution >= 4 is 23.1 Å². The minimum absolute atomic E-state index is 0.00712. The second-order valence-electron chi connectivity index (χ2n) is 3.96. The number of anilines is 1. The second kappa shape index (κ2) is 6.45. The lowest BCUT2D eigenvalue weighted by atomic mass is 10.1. The van der Waals surface area contributed by atoms with E-state index in [1.54, 1.807) is 6.07 Å². The molecule has 3 heteroatoms. The van der Waals surface area contributed by atoms with Crippen LogP contribution in [0.5, 0.6) is 0 Å². The molecular formula is C14H18ClNO. The van der Waals surface area contributed by atoms with E-state index in [0.717, 1.165) is 25.2 Å². The molecule has 0 atom stereocenters. The summed E-state index contributed by atoms with van der Waals surface area (Å²) in [7, 11) is 0. The molecule has 0 amide bonds. The molecular weight excluding hydrogens is 234 g/mol. The van der Waals surface area contributed by atoms with Gasteiger partial charge >= 0.3 is 0 Å². The number of rotatable bonds is 6. The SMILES string of the molecule is C=CCN(CCC)c1ccc(C(C)=O)c(Cl)c1. The molecule has 0 bridgehead atoms. The summed E-state index contributed by atoms with van der Waals surface area (Å²) in [6.07, 6.45) is 2.92. The maximum atomic E-state index is 11.3. The van der Waals surface area contributed by atoms with Crippen molar-refractivity contribution in [3.63, 3.8) is 0 Å². The van der Waals surface area contributed by atoms with E-state index in [1.165, 1.54) is 6.92 Å². The summed E-state index contributed by atoms with van der Waals surface area (Å²) in [6.45, 7) is 9.12. The van der Waals surface area contributed by atoms with Crippen molar-refractivity contribution < 1.29 is 4.79 Å². The van der Waals surface area contributed by atoms with Crippen LogP contribution in [0.2, 0.25) is 5.02 Å². The number of nitrogens with zero attached hydrogens (tertiary/aromatic N) is 1. The first-order valence-corrected chi connectivity index (χ1v) is 6.14. The van der Waals surface area contributed by atoms with Crippen LogP contribution in [0, 0.1) is 0 Å². The number of Topliss-reactive ketones (excluding diaryl/α,β-unsaturated/α-hetero) is 1. The minimum Gasteiger partial charge on any atom is -0.368 e. The summed E-state index contributed by atoms with van der Waals surface area (Å²) < 4.78 is 0. The van der Waals surface area contributed by atoms with Crippen LogP contribution in [0.25, 0.3) is 0 Å². The Kier molecular flexibility index (Phi) is 5.23. The second-order valence-corrected chi connectivity index (χ2v) is 4.36. The lowest BCUT2D eigenvalue weighted by molar-refractivity contribution is 0.101. The number of benzene rings is 1. The van der Waals surface area contributed by atoms with Gasteiger partial charge in [-0.2, -0.15) is 0 Å². The molecule has 2 nitrogen and oxygen atoms in total. The van der Waals surface area contributed by atoms with Crippen LogP contribution < -0.4 is 4.90 Å². The smallest absolute Gasteiger partial charge is 0.161 e. The van der Waals surface area contributed by atoms with Gasteiger partial charge in [0.1, 0.15) is 0 Å². The maximum absolute atomic E-state index is 11.3. The number of ketones is 1. The fourth-order valence-electron chi connectivity index (χ4n) is 1.74. The predicted molar refractivity (Wildman–Crippen MR) is 74.2 cm³/mol. The summed E-state index contributed by atoms with van der Waals surface area (Å²) in [5.74, 6) is -0.00712. The molecule has 92 valence electrons. The number of hydrogen-bond acceptors (Lipinski definition) is 2. The molecule has 0 spiro atoms. The zero-order valence-corrected chi connectivity index (χ0v) is 11.1. The summed E-state index contributed by atoms with van der Waals surface area (Å²) >= 11 is 6.10. The molecule has 0 radical (unpaired) electrons. The van der Waals surface area contributed by atoms with E-state index in [0.29, 0.717) is 10.6 Å². The molecule has 1 aromatic carbocycles. The van der Waals surface area contributed by atoms with E-state index in [1.807, 2.05) is 18.2 Å². The van der Waals surface area contributed by atoms with Gasteiger partial charge in [0.05, 0.1) is 5.02 Å². The third-order valence-corrected chi connectivity index (χ3v) is 2.85. The van der Waals surface area contributed by atoms with Crippen molar-refractivity contribution in [3.8, 4) is 0 Å². The lowest BCUT2D eigenvalue weighted by Crippen LogP contribution is -2.24. The minimum atomic E-state index is -0.00712. The van der Waals surface area contributed by atoms with Crippen molar-refractivity contribution in [1.29, 1.82) is 0 Å². The first kappa shape index (κ1) is 13.8. The molecule has 0 aliphatic rings. The van der Waals surface area contributed by atoms with E-state index >= 15 is 0 Å². The predicted octanol–water partition coefficient (Wildman–Crippen LogP) is 3.95. The van der Waals surface area contributed by atoms with Crippen molar-refractivity contribution in [2.45, 2.75) is 20.3 Å². The molecule has 1 aromatic rings. The summed E-state index contributed by atoms with van der Waals surface area (Å²) in [4.78, 5) is 13.5. The normalized spacial score (nSPS) is 10.1. The van der Waals surface area contributed by atoms with E-state index < -0.39 is 0 Å². The Morgan fingerprint density at radius 3 is 2.71 bits per heavy atom. The van der Waals surface area contributed by atoms with Crippen molar-refractivity contribution in [2.75, 3.05) is 18.0 Å². The van der Waals surface area contributed by atoms with Gasteiger partial charge in [-0.15, -0.1) is 6.58 Å². The zero-order chi connectivity index (χ0) is 12.8. The van der Waals surface area contributed by atoms with Gasteiger partial charge in [0, 0.05) is 24.3 Å². The molecule has 0 aliphatic heterocycles. The quantitative estimate of drug-likeness (QED) is 0.564. The average molecular weight is 252 g/mol. The molecule has 0 aliphatic carbocycles. The average Bonchev–Trinajstić information content (AvgIpc) is 2.28. The first-order chi connectivity index (χ1) is 8.10. The van der Waals surface area contributed by atoms with E-state index in [9.17, 15) is 4.79 Å². The van der Waals surface area contributed by atoms with Gasteiger partial charge in [-0.25, -0.2) is 0 Å². The molecule has 0 aromatic heterocycles. The van der Waals surface area contributed by atoms with Crippen LogP contribution in [-0.2, 0) is 0 Å². The summed E-state index contributed by atoms with van der Waals surface area (Å²) in [5, 5.41) is 0.514. The Morgan fingerprint density at radius 1 is 1.53 bits per heavy atom. The number of carbonyl (C=O) groups is 1. The van der Waals surface area contributed by atoms with Gasteiger partial charge in [-0.05, 0) is 31.5 Å². The Hall–Kier alpha value is -1.28. The van der Waals surface area contributed by atoms with E-state index in [4.69, 9.17) is 11.6 Å². The van der Waals surface area contributed by atoms with E-state index in [-0.39, 0.29) is 5.78 Å². The zero-order valence-electron chi connectivity index (χ0n) is 10.4. The third-order valence-electron chi connectivity index (χ3n) is 2.54. The van der Waals surface area contributed by atoms with Gasteiger partial charge in [-0.1, -0.05) is 24.6 Å². The monoisotopic (exact) mass is 251 g/mol. The van der Waals surface area contributed by atoms with Crippen LogP contribution in [0.1, 0.15) is 30.6 Å². The molecule has 0 saturated carbocycles. The molecule has 0 unspecified atom stereocenters. The molecule has 1 rings (SSSR count). The lowest BCUT2D eigenvalue weighted by Gasteiger charge is -2.23. The highest BCUT2D eigenvalue weighted by Gasteiger charge is 2.09. The van der Waals surface area contributed by atoms with Crippen LogP contribution in [-0.4, -0.2) is 18.9 Å². The van der Waals surface area contributed by atoms with Crippen molar-refractivity contribution in [1.82, 2.24) is 0 Å². The van der Waals surface area contributed by atoms with E-state index in [2.05, 4.69) is 18.4 Å². The van der Waals surface area contributed by atoms with Gasteiger partial charge < -0.3 is 4.90 Å². The van der Waals surface area contributed by atoms with Crippen molar-refractivity contribution in [3.05, 3.63) is 41.4 Å². The molecule has 0 N–H and O–H groups in total. The fourth-order valence-corrected chi connectivity index (χ4v) is 2.05. The number of hydrogen-bond donors (Lipinski definition) is 0. The first-order valence-electron chi connectivity index (χ1n) is 5.76. The van der Waals surface area contributed by atoms with Gasteiger partial charge in [0.2, 0.25) is 0 Å². The molecule has 0 heterocycles. The van der Waals surface area contributed by atoms with Gasteiger partial charge in [0.25, 0.3) is 0 Å². The highest BCUT2D eigenvalue weighted by atomic mass is 35.5. The Balaban J connectivity index is 3.01. The van der Waals surface area contributed by atoms with Crippen LogP contribution in [0.3, 0.4) is 0 Å². The Bertz CT molecular complexity index is 415. The van der Waals surface area contributed by atoms with Crippen LogP contribution >= 0.6 is 11.6 Å². The Morgan fingerprint density at radius 2 is 2.24 bits per heavy atom. The van der Waals surface area contributed by atoms with Gasteiger partial charge in [-0.3, -0.25) is 4.79 Å². The largest absolute Gasteiger partial charge is 0.368 e. The van der Waals surface area contributed by atoms with Crippen molar-refractivity contribution in [2.24, 2.45) is 0 Å². The number of halogens is 1. The topological polar surface area (TPSA) is 20.3 Å². The molecule has 17 heavy (non-hydrogen) atoms. The standard InChI is InChI=1S/C14H18ClNO/c1-4-8-16(9-5-2)12-6-7-13(11(3)17)14(15)10-12/h4,6-7,10H,1,5,8-9H2,2-3H3. The third kappa shape index (κ3) is 3.60. The number of carbonyl (C=O) groups excluding carboxylic acids is 1. The molecule has 0 fully saturated rings. The van der Waals surface area contributed by atoms with Crippen LogP contribution in [0.4, 0.5) is 5.69 Å². The maximum Gasteiger partial charge on any atom is 0.161 e. The molecule has 0 saturated heterocycles. The summed E-state index contributed by atoms with van der Waals surface area (Å²) in [6, 6.07) is 5.56. The highest BCUT2D eigenvalue weighted by Crippen LogP contribution is 2.24. The summed E-state index contributed by atoms with van der Waals surface area (Å²) in [5.41, 5.74) is 1.60. The Labute approximate surface area is 108 Å². The van der Waals surface area contributed by atoms with Crippen LogP contribution in [0.15, 0.2) is 30.9 Å². The highest BCUT2D eigenvalue weighted by molar-refractivity contribution is 6.34. The fraction of sp³-hybridized carbons (Fsp3) is 0.357.